The number of carboxylic acid groups (broad SMARTS) is 1. The molecule has 86 valence electrons. The highest BCUT2D eigenvalue weighted by molar-refractivity contribution is 8.00. The minimum absolute atomic E-state index is 0.0207. The van der Waals surface area contributed by atoms with E-state index >= 15 is 0 Å². The SMILES string of the molecule is CCC(C)C(=O)N1C(C)SCC1C(=O)O. The van der Waals surface area contributed by atoms with Gasteiger partial charge in [-0.3, -0.25) is 4.79 Å². The second kappa shape index (κ2) is 4.88. The number of carbonyl (C=O) groups excluding carboxylic acids is 1. The molecule has 1 amide bonds. The summed E-state index contributed by atoms with van der Waals surface area (Å²) in [4.78, 5) is 24.4. The predicted octanol–water partition coefficient (Wildman–Crippen LogP) is 1.41. The molecule has 1 N–H and O–H groups in total. The van der Waals surface area contributed by atoms with Crippen LogP contribution in [0.4, 0.5) is 0 Å². The average Bonchev–Trinajstić information content (AvgIpc) is 2.58. The molecule has 1 aliphatic heterocycles. The summed E-state index contributed by atoms with van der Waals surface area (Å²) in [5.74, 6) is -0.530. The first-order chi connectivity index (χ1) is 6.99. The molecule has 1 fully saturated rings. The van der Waals surface area contributed by atoms with E-state index in [1.807, 2.05) is 20.8 Å². The van der Waals surface area contributed by atoms with Crippen molar-refractivity contribution in [2.45, 2.75) is 38.6 Å². The average molecular weight is 231 g/mol. The second-order valence-corrected chi connectivity index (χ2v) is 5.19. The standard InChI is InChI=1S/C10H17NO3S/c1-4-6(2)9(12)11-7(3)15-5-8(11)10(13)14/h6-8H,4-5H2,1-3H3,(H,13,14). The van der Waals surface area contributed by atoms with Gasteiger partial charge in [-0.05, 0) is 13.3 Å². The van der Waals surface area contributed by atoms with Gasteiger partial charge in [0, 0.05) is 11.7 Å². The van der Waals surface area contributed by atoms with E-state index in [0.29, 0.717) is 5.75 Å². The Labute approximate surface area is 94.0 Å². The molecule has 0 bridgehead atoms. The molecular formula is C10H17NO3S. The molecule has 0 aromatic heterocycles. The van der Waals surface area contributed by atoms with Crippen molar-refractivity contribution < 1.29 is 14.7 Å². The molecule has 0 radical (unpaired) electrons. The maximum atomic E-state index is 12.0. The van der Waals surface area contributed by atoms with E-state index in [0.717, 1.165) is 6.42 Å². The molecule has 0 saturated carbocycles. The Bertz CT molecular complexity index is 269. The van der Waals surface area contributed by atoms with Gasteiger partial charge in [-0.25, -0.2) is 4.79 Å². The van der Waals surface area contributed by atoms with E-state index in [-0.39, 0.29) is 17.2 Å². The zero-order valence-corrected chi connectivity index (χ0v) is 10.1. The van der Waals surface area contributed by atoms with Gasteiger partial charge < -0.3 is 10.0 Å². The van der Waals surface area contributed by atoms with Crippen LogP contribution in [0.1, 0.15) is 27.2 Å². The number of amides is 1. The maximum Gasteiger partial charge on any atom is 0.327 e. The number of carboxylic acids is 1. The molecule has 1 heterocycles. The van der Waals surface area contributed by atoms with E-state index in [1.165, 1.54) is 16.7 Å². The van der Waals surface area contributed by atoms with Crippen LogP contribution in [0.25, 0.3) is 0 Å². The van der Waals surface area contributed by atoms with Crippen molar-refractivity contribution in [1.29, 1.82) is 0 Å². The number of aliphatic carboxylic acids is 1. The topological polar surface area (TPSA) is 57.6 Å². The molecule has 5 heteroatoms. The largest absolute Gasteiger partial charge is 0.480 e. The van der Waals surface area contributed by atoms with Crippen molar-refractivity contribution in [3.8, 4) is 0 Å². The molecule has 1 rings (SSSR count). The molecule has 0 aromatic rings. The number of carbonyl (C=O) groups is 2. The third kappa shape index (κ3) is 2.45. The van der Waals surface area contributed by atoms with E-state index in [9.17, 15) is 9.59 Å². The van der Waals surface area contributed by atoms with Crippen LogP contribution in [-0.2, 0) is 9.59 Å². The molecular weight excluding hydrogens is 214 g/mol. The van der Waals surface area contributed by atoms with E-state index in [2.05, 4.69) is 0 Å². The van der Waals surface area contributed by atoms with E-state index < -0.39 is 12.0 Å². The highest BCUT2D eigenvalue weighted by Crippen LogP contribution is 2.30. The zero-order valence-electron chi connectivity index (χ0n) is 9.27. The second-order valence-electron chi connectivity index (χ2n) is 3.84. The molecule has 0 aromatic carbocycles. The van der Waals surface area contributed by atoms with Crippen molar-refractivity contribution >= 4 is 23.6 Å². The molecule has 0 aliphatic carbocycles. The van der Waals surface area contributed by atoms with Gasteiger partial charge in [0.25, 0.3) is 0 Å². The Morgan fingerprint density at radius 3 is 2.67 bits per heavy atom. The van der Waals surface area contributed by atoms with Crippen LogP contribution >= 0.6 is 11.8 Å². The first-order valence-corrected chi connectivity index (χ1v) is 6.20. The Hall–Kier alpha value is -0.710. The van der Waals surface area contributed by atoms with Crippen LogP contribution in [0.5, 0.6) is 0 Å². The van der Waals surface area contributed by atoms with Crippen molar-refractivity contribution in [3.05, 3.63) is 0 Å². The maximum absolute atomic E-state index is 12.0. The van der Waals surface area contributed by atoms with Crippen LogP contribution < -0.4 is 0 Å². The van der Waals surface area contributed by atoms with Gasteiger partial charge in [0.2, 0.25) is 5.91 Å². The smallest absolute Gasteiger partial charge is 0.327 e. The van der Waals surface area contributed by atoms with Crippen LogP contribution in [-0.4, -0.2) is 39.1 Å². The molecule has 1 aliphatic rings. The van der Waals surface area contributed by atoms with Crippen molar-refractivity contribution in [2.24, 2.45) is 5.92 Å². The van der Waals surface area contributed by atoms with Crippen LogP contribution in [0, 0.1) is 5.92 Å². The zero-order chi connectivity index (χ0) is 11.6. The monoisotopic (exact) mass is 231 g/mol. The normalized spacial score (nSPS) is 27.8. The minimum Gasteiger partial charge on any atom is -0.480 e. The van der Waals surface area contributed by atoms with Crippen LogP contribution in [0.2, 0.25) is 0 Å². The van der Waals surface area contributed by atoms with Gasteiger partial charge in [-0.1, -0.05) is 13.8 Å². The highest BCUT2D eigenvalue weighted by atomic mass is 32.2. The fourth-order valence-corrected chi connectivity index (χ4v) is 2.77. The molecule has 15 heavy (non-hydrogen) atoms. The van der Waals surface area contributed by atoms with Gasteiger partial charge in [-0.2, -0.15) is 0 Å². The number of hydrogen-bond acceptors (Lipinski definition) is 3. The third-order valence-electron chi connectivity index (χ3n) is 2.80. The fraction of sp³-hybridized carbons (Fsp3) is 0.800. The lowest BCUT2D eigenvalue weighted by atomic mass is 10.1. The lowest BCUT2D eigenvalue weighted by Crippen LogP contribution is -2.46. The predicted molar refractivity (Wildman–Crippen MR) is 59.6 cm³/mol. The van der Waals surface area contributed by atoms with Gasteiger partial charge >= 0.3 is 5.97 Å². The summed E-state index contributed by atoms with van der Waals surface area (Å²) in [5, 5.41) is 8.98. The lowest BCUT2D eigenvalue weighted by Gasteiger charge is -2.27. The first-order valence-electron chi connectivity index (χ1n) is 5.15. The Balaban J connectivity index is 2.80. The number of thioether (sulfide) groups is 1. The van der Waals surface area contributed by atoms with E-state index in [4.69, 9.17) is 5.11 Å². The molecule has 1 saturated heterocycles. The highest BCUT2D eigenvalue weighted by Gasteiger charge is 2.40. The quantitative estimate of drug-likeness (QED) is 0.798. The van der Waals surface area contributed by atoms with Crippen LogP contribution in [0.3, 0.4) is 0 Å². The summed E-state index contributed by atoms with van der Waals surface area (Å²) < 4.78 is 0. The van der Waals surface area contributed by atoms with Crippen molar-refractivity contribution in [1.82, 2.24) is 4.90 Å². The summed E-state index contributed by atoms with van der Waals surface area (Å²) >= 11 is 1.52. The van der Waals surface area contributed by atoms with Crippen molar-refractivity contribution in [2.75, 3.05) is 5.75 Å². The summed E-state index contributed by atoms with van der Waals surface area (Å²) in [6.45, 7) is 5.66. The lowest BCUT2D eigenvalue weighted by molar-refractivity contribution is -0.150. The minimum atomic E-state index is -0.900. The summed E-state index contributed by atoms with van der Waals surface area (Å²) in [5.41, 5.74) is 0. The van der Waals surface area contributed by atoms with Gasteiger partial charge in [0.1, 0.15) is 6.04 Å². The third-order valence-corrected chi connectivity index (χ3v) is 4.01. The Kier molecular flexibility index (Phi) is 4.02. The summed E-state index contributed by atoms with van der Waals surface area (Å²) in [6, 6.07) is -0.647. The van der Waals surface area contributed by atoms with Gasteiger partial charge in [0.15, 0.2) is 0 Å². The molecule has 0 spiro atoms. The Morgan fingerprint density at radius 1 is 1.60 bits per heavy atom. The van der Waals surface area contributed by atoms with Crippen LogP contribution in [0.15, 0.2) is 0 Å². The number of hydrogen-bond donors (Lipinski definition) is 1. The van der Waals surface area contributed by atoms with E-state index in [1.54, 1.807) is 0 Å². The summed E-state index contributed by atoms with van der Waals surface area (Å²) in [6.07, 6.45) is 0.749. The first kappa shape index (κ1) is 12.4. The number of rotatable bonds is 3. The van der Waals surface area contributed by atoms with Gasteiger partial charge in [-0.15, -0.1) is 11.8 Å². The molecule has 3 atom stereocenters. The van der Waals surface area contributed by atoms with Gasteiger partial charge in [0.05, 0.1) is 5.37 Å². The number of nitrogens with zero attached hydrogens (tertiary/aromatic N) is 1. The molecule has 3 unspecified atom stereocenters. The Morgan fingerprint density at radius 2 is 2.20 bits per heavy atom. The van der Waals surface area contributed by atoms with Crippen molar-refractivity contribution in [3.63, 3.8) is 0 Å². The summed E-state index contributed by atoms with van der Waals surface area (Å²) in [7, 11) is 0. The molecule has 4 nitrogen and oxygen atoms in total. The fourth-order valence-electron chi connectivity index (χ4n) is 1.60.